The number of rotatable bonds is 3. The summed E-state index contributed by atoms with van der Waals surface area (Å²) in [5.41, 5.74) is 7.80. The highest BCUT2D eigenvalue weighted by Crippen LogP contribution is 2.35. The van der Waals surface area contributed by atoms with Gasteiger partial charge in [0.25, 0.3) is 0 Å². The van der Waals surface area contributed by atoms with Crippen LogP contribution in [-0.4, -0.2) is 26.7 Å². The highest BCUT2D eigenvalue weighted by Gasteiger charge is 2.42. The molecular weight excluding hydrogens is 276 g/mol. The van der Waals surface area contributed by atoms with Crippen molar-refractivity contribution in [2.45, 2.75) is 56.3 Å². The van der Waals surface area contributed by atoms with Gasteiger partial charge in [-0.2, -0.15) is 0 Å². The summed E-state index contributed by atoms with van der Waals surface area (Å²) in [7, 11) is -3.60. The fourth-order valence-electron chi connectivity index (χ4n) is 3.19. The molecule has 110 valence electrons. The third-order valence-corrected chi connectivity index (χ3v) is 6.08. The molecule has 0 amide bonds. The molecule has 2 fully saturated rings. The maximum atomic E-state index is 12.6. The van der Waals surface area contributed by atoms with E-state index in [2.05, 4.69) is 4.72 Å². The molecule has 0 aromatic heterocycles. The molecule has 3 N–H and O–H groups in total. The van der Waals surface area contributed by atoms with Crippen molar-refractivity contribution in [2.75, 3.05) is 5.73 Å². The number of nitrogens with two attached hydrogens (primary N) is 1. The summed E-state index contributed by atoms with van der Waals surface area (Å²) in [5.74, 6) is 0. The van der Waals surface area contributed by atoms with Crippen molar-refractivity contribution in [3.63, 3.8) is 0 Å². The van der Waals surface area contributed by atoms with Gasteiger partial charge in [0.15, 0.2) is 0 Å². The van der Waals surface area contributed by atoms with E-state index in [-0.39, 0.29) is 23.1 Å². The number of benzene rings is 1. The van der Waals surface area contributed by atoms with Crippen molar-refractivity contribution in [3.8, 4) is 0 Å². The number of hydrogen-bond donors (Lipinski definition) is 2. The zero-order chi connectivity index (χ0) is 14.5. The normalized spacial score (nSPS) is 29.0. The summed E-state index contributed by atoms with van der Waals surface area (Å²) >= 11 is 0. The number of sulfonamides is 1. The topological polar surface area (TPSA) is 81.4 Å². The van der Waals surface area contributed by atoms with Crippen molar-refractivity contribution in [1.82, 2.24) is 4.72 Å². The van der Waals surface area contributed by atoms with Gasteiger partial charge in [-0.25, -0.2) is 13.1 Å². The van der Waals surface area contributed by atoms with Crippen LogP contribution >= 0.6 is 0 Å². The van der Waals surface area contributed by atoms with Crippen LogP contribution < -0.4 is 10.5 Å². The smallest absolute Gasteiger partial charge is 0.243 e. The molecule has 0 saturated carbocycles. The van der Waals surface area contributed by atoms with Gasteiger partial charge < -0.3 is 10.5 Å². The average Bonchev–Trinajstić information content (AvgIpc) is 2.95. The largest absolute Gasteiger partial charge is 0.398 e. The Kier molecular flexibility index (Phi) is 3.27. The molecule has 3 unspecified atom stereocenters. The van der Waals surface area contributed by atoms with E-state index in [1.165, 1.54) is 0 Å². The van der Waals surface area contributed by atoms with E-state index in [4.69, 9.17) is 10.5 Å². The lowest BCUT2D eigenvalue weighted by Crippen LogP contribution is -2.41. The summed E-state index contributed by atoms with van der Waals surface area (Å²) in [4.78, 5) is 0.209. The third kappa shape index (κ3) is 2.21. The molecule has 20 heavy (non-hydrogen) atoms. The Morgan fingerprint density at radius 3 is 2.65 bits per heavy atom. The van der Waals surface area contributed by atoms with Crippen molar-refractivity contribution in [3.05, 3.63) is 23.3 Å². The number of fused-ring (bicyclic) bond motifs is 2. The Bertz CT molecular complexity index is 642. The lowest BCUT2D eigenvalue weighted by molar-refractivity contribution is 0.0996. The van der Waals surface area contributed by atoms with Gasteiger partial charge in [-0.05, 0) is 50.3 Å². The number of aryl methyl sites for hydroxylation is 1. The van der Waals surface area contributed by atoms with Crippen molar-refractivity contribution >= 4 is 15.7 Å². The summed E-state index contributed by atoms with van der Waals surface area (Å²) < 4.78 is 33.7. The molecule has 2 heterocycles. The van der Waals surface area contributed by atoms with Crippen LogP contribution in [0.1, 0.15) is 30.4 Å². The minimum atomic E-state index is -3.60. The summed E-state index contributed by atoms with van der Waals surface area (Å²) in [6.45, 7) is 3.67. The van der Waals surface area contributed by atoms with Crippen LogP contribution in [-0.2, 0) is 14.8 Å². The first-order chi connectivity index (χ1) is 9.38. The minimum Gasteiger partial charge on any atom is -0.398 e. The average molecular weight is 296 g/mol. The molecule has 1 aromatic rings. The Morgan fingerprint density at radius 2 is 2.05 bits per heavy atom. The van der Waals surface area contributed by atoms with Crippen LogP contribution in [0.25, 0.3) is 0 Å². The van der Waals surface area contributed by atoms with Crippen LogP contribution in [0, 0.1) is 13.8 Å². The van der Waals surface area contributed by atoms with E-state index in [9.17, 15) is 8.42 Å². The van der Waals surface area contributed by atoms with Gasteiger partial charge in [0.05, 0.1) is 23.9 Å². The zero-order valence-electron chi connectivity index (χ0n) is 11.7. The number of ether oxygens (including phenoxy) is 1. The molecular formula is C14H20N2O3S. The number of nitrogens with one attached hydrogen (secondary N) is 1. The Balaban J connectivity index is 1.91. The van der Waals surface area contributed by atoms with Gasteiger partial charge in [0.2, 0.25) is 10.0 Å². The highest BCUT2D eigenvalue weighted by atomic mass is 32.2. The maximum Gasteiger partial charge on any atom is 0.243 e. The molecule has 3 atom stereocenters. The zero-order valence-corrected chi connectivity index (χ0v) is 12.5. The maximum absolute atomic E-state index is 12.6. The minimum absolute atomic E-state index is 0.0149. The first kappa shape index (κ1) is 13.9. The molecule has 1 aromatic carbocycles. The molecule has 6 heteroatoms. The fraction of sp³-hybridized carbons (Fsp3) is 0.571. The predicted octanol–water partition coefficient (Wildman–Crippen LogP) is 1.48. The summed E-state index contributed by atoms with van der Waals surface area (Å²) in [5, 5.41) is 0. The predicted molar refractivity (Wildman–Crippen MR) is 76.9 cm³/mol. The molecule has 0 spiro atoms. The second-order valence-corrected chi connectivity index (χ2v) is 7.41. The molecule has 3 rings (SSSR count). The molecule has 2 aliphatic heterocycles. The number of nitrogen functional groups attached to an aromatic ring is 1. The second-order valence-electron chi connectivity index (χ2n) is 5.76. The SMILES string of the molecule is Cc1ccc(N)c(S(=O)(=O)NC2CC3CCC2O3)c1C. The number of anilines is 1. The summed E-state index contributed by atoms with van der Waals surface area (Å²) in [6.07, 6.45) is 2.95. The van der Waals surface area contributed by atoms with Crippen LogP contribution in [0.3, 0.4) is 0 Å². The monoisotopic (exact) mass is 296 g/mol. The van der Waals surface area contributed by atoms with Gasteiger partial charge >= 0.3 is 0 Å². The van der Waals surface area contributed by atoms with E-state index in [0.29, 0.717) is 11.3 Å². The van der Waals surface area contributed by atoms with Crippen LogP contribution in [0.4, 0.5) is 5.69 Å². The van der Waals surface area contributed by atoms with E-state index >= 15 is 0 Å². The van der Waals surface area contributed by atoms with Gasteiger partial charge in [-0.1, -0.05) is 6.07 Å². The van der Waals surface area contributed by atoms with E-state index in [0.717, 1.165) is 24.8 Å². The molecule has 2 bridgehead atoms. The van der Waals surface area contributed by atoms with Crippen LogP contribution in [0.15, 0.2) is 17.0 Å². The Labute approximate surface area is 119 Å². The lowest BCUT2D eigenvalue weighted by Gasteiger charge is -2.21. The molecule has 0 aliphatic carbocycles. The highest BCUT2D eigenvalue weighted by molar-refractivity contribution is 7.89. The summed E-state index contributed by atoms with van der Waals surface area (Å²) in [6, 6.07) is 3.36. The van der Waals surface area contributed by atoms with Crippen molar-refractivity contribution in [1.29, 1.82) is 0 Å². The fourth-order valence-corrected chi connectivity index (χ4v) is 4.89. The molecule has 2 saturated heterocycles. The van der Waals surface area contributed by atoms with Crippen LogP contribution in [0.2, 0.25) is 0 Å². The van der Waals surface area contributed by atoms with E-state index in [1.54, 1.807) is 13.0 Å². The Morgan fingerprint density at radius 1 is 1.30 bits per heavy atom. The lowest BCUT2D eigenvalue weighted by atomic mass is 9.96. The Hall–Kier alpha value is -1.11. The molecule has 5 nitrogen and oxygen atoms in total. The first-order valence-electron chi connectivity index (χ1n) is 6.92. The van der Waals surface area contributed by atoms with Gasteiger partial charge in [0, 0.05) is 0 Å². The van der Waals surface area contributed by atoms with Gasteiger partial charge in [-0.3, -0.25) is 0 Å². The van der Waals surface area contributed by atoms with E-state index in [1.807, 2.05) is 13.0 Å². The molecule has 2 aliphatic rings. The van der Waals surface area contributed by atoms with Crippen LogP contribution in [0.5, 0.6) is 0 Å². The molecule has 0 radical (unpaired) electrons. The third-order valence-electron chi connectivity index (χ3n) is 4.39. The first-order valence-corrected chi connectivity index (χ1v) is 8.40. The quantitative estimate of drug-likeness (QED) is 0.828. The van der Waals surface area contributed by atoms with E-state index < -0.39 is 10.0 Å². The van der Waals surface area contributed by atoms with Crippen molar-refractivity contribution < 1.29 is 13.2 Å². The standard InChI is InChI=1S/C14H20N2O3S/c1-8-3-5-11(15)14(9(8)2)20(17,18)16-12-7-10-4-6-13(12)19-10/h3,5,10,12-13,16H,4,6-7,15H2,1-2H3. The van der Waals surface area contributed by atoms with Gasteiger partial charge in [0.1, 0.15) is 4.90 Å². The number of hydrogen-bond acceptors (Lipinski definition) is 4. The second kappa shape index (κ2) is 4.72. The van der Waals surface area contributed by atoms with Gasteiger partial charge in [-0.15, -0.1) is 0 Å². The van der Waals surface area contributed by atoms with Crippen molar-refractivity contribution in [2.24, 2.45) is 0 Å².